The average Bonchev–Trinajstić information content (AvgIpc) is 2.34. The first-order valence-corrected chi connectivity index (χ1v) is 7.41. The van der Waals surface area contributed by atoms with E-state index in [-0.39, 0.29) is 18.5 Å². The van der Waals surface area contributed by atoms with Gasteiger partial charge >= 0.3 is 12.0 Å². The summed E-state index contributed by atoms with van der Waals surface area (Å²) in [5, 5.41) is 17.4. The quantitative estimate of drug-likeness (QED) is 0.435. The van der Waals surface area contributed by atoms with Crippen LogP contribution in [0.2, 0.25) is 0 Å². The molecule has 6 nitrogen and oxygen atoms in total. The predicted octanol–water partition coefficient (Wildman–Crippen LogP) is 1.71. The fourth-order valence-corrected chi connectivity index (χ4v) is 1.71. The number of urea groups is 1. The molecule has 0 spiro atoms. The zero-order valence-electron chi connectivity index (χ0n) is 12.9. The highest BCUT2D eigenvalue weighted by Gasteiger charge is 2.08. The van der Waals surface area contributed by atoms with E-state index in [2.05, 4.69) is 29.8 Å². The van der Waals surface area contributed by atoms with E-state index < -0.39 is 5.97 Å². The van der Waals surface area contributed by atoms with Crippen LogP contribution < -0.4 is 16.0 Å². The summed E-state index contributed by atoms with van der Waals surface area (Å²) in [5.74, 6) is -0.839. The van der Waals surface area contributed by atoms with Crippen molar-refractivity contribution in [3.63, 3.8) is 0 Å². The molecule has 0 heterocycles. The van der Waals surface area contributed by atoms with Gasteiger partial charge in [-0.15, -0.1) is 0 Å². The summed E-state index contributed by atoms with van der Waals surface area (Å²) in [6.07, 6.45) is 3.66. The van der Waals surface area contributed by atoms with Gasteiger partial charge in [0.15, 0.2) is 0 Å². The molecule has 2 amide bonds. The molecule has 0 saturated carbocycles. The summed E-state index contributed by atoms with van der Waals surface area (Å²) in [6, 6.07) is 0.177. The van der Waals surface area contributed by atoms with Gasteiger partial charge in [-0.3, -0.25) is 4.79 Å². The molecule has 20 heavy (non-hydrogen) atoms. The van der Waals surface area contributed by atoms with Crippen molar-refractivity contribution in [2.75, 3.05) is 13.1 Å². The molecule has 118 valence electrons. The second-order valence-electron chi connectivity index (χ2n) is 5.40. The van der Waals surface area contributed by atoms with Gasteiger partial charge in [0.2, 0.25) is 0 Å². The third-order valence-corrected chi connectivity index (χ3v) is 2.86. The van der Waals surface area contributed by atoms with Crippen molar-refractivity contribution in [2.24, 2.45) is 0 Å². The summed E-state index contributed by atoms with van der Waals surface area (Å²) in [7, 11) is 0. The molecule has 0 fully saturated rings. The van der Waals surface area contributed by atoms with E-state index in [9.17, 15) is 9.59 Å². The van der Waals surface area contributed by atoms with Crippen LogP contribution >= 0.6 is 0 Å². The van der Waals surface area contributed by atoms with E-state index >= 15 is 0 Å². The standard InChI is InChI=1S/C14H29N3O3/c1-11(2)15-9-5-4-6-10-16-14(20)17-12(3)7-8-13(18)19/h11-12,15H,4-10H2,1-3H3,(H,18,19)(H2,16,17,20)/t12-/m1/s1. The topological polar surface area (TPSA) is 90.5 Å². The highest BCUT2D eigenvalue weighted by atomic mass is 16.4. The summed E-state index contributed by atoms with van der Waals surface area (Å²) >= 11 is 0. The van der Waals surface area contributed by atoms with Crippen LogP contribution in [0.3, 0.4) is 0 Å². The van der Waals surface area contributed by atoms with E-state index in [4.69, 9.17) is 5.11 Å². The number of unbranched alkanes of at least 4 members (excludes halogenated alkanes) is 2. The molecule has 0 aliphatic heterocycles. The molecule has 0 saturated heterocycles. The Morgan fingerprint density at radius 2 is 1.70 bits per heavy atom. The van der Waals surface area contributed by atoms with Crippen molar-refractivity contribution in [2.45, 2.75) is 65.0 Å². The van der Waals surface area contributed by atoms with Crippen LogP contribution in [0.15, 0.2) is 0 Å². The fraction of sp³-hybridized carbons (Fsp3) is 0.857. The third kappa shape index (κ3) is 13.1. The number of amides is 2. The number of carbonyl (C=O) groups excluding carboxylic acids is 1. The first kappa shape index (κ1) is 18.7. The number of hydrogen-bond donors (Lipinski definition) is 4. The Balaban J connectivity index is 3.42. The normalized spacial score (nSPS) is 12.2. The molecule has 0 aromatic rings. The Morgan fingerprint density at radius 1 is 1.05 bits per heavy atom. The molecule has 0 rings (SSSR count). The van der Waals surface area contributed by atoms with E-state index in [0.29, 0.717) is 19.0 Å². The molecule has 0 aliphatic rings. The molecule has 0 aliphatic carbocycles. The Kier molecular flexibility index (Phi) is 10.8. The number of carboxylic acid groups (broad SMARTS) is 1. The van der Waals surface area contributed by atoms with Gasteiger partial charge in [0.1, 0.15) is 0 Å². The minimum atomic E-state index is -0.839. The zero-order valence-corrected chi connectivity index (χ0v) is 12.9. The lowest BCUT2D eigenvalue weighted by molar-refractivity contribution is -0.137. The smallest absolute Gasteiger partial charge is 0.314 e. The maximum absolute atomic E-state index is 11.5. The number of nitrogens with one attached hydrogen (secondary N) is 3. The lowest BCUT2D eigenvalue weighted by Crippen LogP contribution is -2.41. The fourth-order valence-electron chi connectivity index (χ4n) is 1.71. The average molecular weight is 287 g/mol. The minimum absolute atomic E-state index is 0.0737. The van der Waals surface area contributed by atoms with Crippen LogP contribution in [-0.2, 0) is 4.79 Å². The first-order valence-electron chi connectivity index (χ1n) is 7.41. The van der Waals surface area contributed by atoms with E-state index in [0.717, 1.165) is 25.8 Å². The van der Waals surface area contributed by atoms with E-state index in [1.807, 2.05) is 0 Å². The van der Waals surface area contributed by atoms with Gasteiger partial charge in [-0.1, -0.05) is 20.3 Å². The highest BCUT2D eigenvalue weighted by molar-refractivity contribution is 5.74. The number of hydrogen-bond acceptors (Lipinski definition) is 3. The van der Waals surface area contributed by atoms with Crippen molar-refractivity contribution < 1.29 is 14.7 Å². The zero-order chi connectivity index (χ0) is 15.4. The second-order valence-corrected chi connectivity index (χ2v) is 5.40. The van der Waals surface area contributed by atoms with Gasteiger partial charge in [-0.2, -0.15) is 0 Å². The molecule has 4 N–H and O–H groups in total. The van der Waals surface area contributed by atoms with E-state index in [1.54, 1.807) is 6.92 Å². The van der Waals surface area contributed by atoms with Crippen LogP contribution in [0.25, 0.3) is 0 Å². The molecular formula is C14H29N3O3. The molecule has 1 atom stereocenters. The van der Waals surface area contributed by atoms with Crippen LogP contribution in [0.1, 0.15) is 52.9 Å². The van der Waals surface area contributed by atoms with Crippen molar-refractivity contribution in [1.29, 1.82) is 0 Å². The van der Waals surface area contributed by atoms with Crippen molar-refractivity contribution >= 4 is 12.0 Å². The molecule has 0 unspecified atom stereocenters. The van der Waals surface area contributed by atoms with Gasteiger partial charge in [0.05, 0.1) is 0 Å². The highest BCUT2D eigenvalue weighted by Crippen LogP contribution is 1.96. The Bertz CT molecular complexity index is 283. The monoisotopic (exact) mass is 287 g/mol. The molecule has 0 aromatic carbocycles. The molecule has 6 heteroatoms. The van der Waals surface area contributed by atoms with Crippen molar-refractivity contribution in [1.82, 2.24) is 16.0 Å². The van der Waals surface area contributed by atoms with Crippen LogP contribution in [0.5, 0.6) is 0 Å². The Morgan fingerprint density at radius 3 is 2.30 bits per heavy atom. The summed E-state index contributed by atoms with van der Waals surface area (Å²) in [6.45, 7) is 7.71. The van der Waals surface area contributed by atoms with Crippen LogP contribution in [0.4, 0.5) is 4.79 Å². The molecule has 0 bridgehead atoms. The van der Waals surface area contributed by atoms with Gasteiger partial charge < -0.3 is 21.1 Å². The number of aliphatic carboxylic acids is 1. The predicted molar refractivity (Wildman–Crippen MR) is 79.9 cm³/mol. The van der Waals surface area contributed by atoms with Gasteiger partial charge in [0, 0.05) is 25.0 Å². The van der Waals surface area contributed by atoms with Crippen molar-refractivity contribution in [3.05, 3.63) is 0 Å². The SMILES string of the molecule is CC(C)NCCCCCNC(=O)N[C@H](C)CCC(=O)O. The van der Waals surface area contributed by atoms with Crippen LogP contribution in [0, 0.1) is 0 Å². The van der Waals surface area contributed by atoms with E-state index in [1.165, 1.54) is 0 Å². The summed E-state index contributed by atoms with van der Waals surface area (Å²) in [5.41, 5.74) is 0. The number of rotatable bonds is 11. The molecule has 0 radical (unpaired) electrons. The van der Waals surface area contributed by atoms with Gasteiger partial charge in [0.25, 0.3) is 0 Å². The maximum atomic E-state index is 11.5. The van der Waals surface area contributed by atoms with Gasteiger partial charge in [-0.25, -0.2) is 4.79 Å². The minimum Gasteiger partial charge on any atom is -0.481 e. The second kappa shape index (κ2) is 11.5. The Labute approximate surface area is 121 Å². The molecular weight excluding hydrogens is 258 g/mol. The summed E-state index contributed by atoms with van der Waals surface area (Å²) in [4.78, 5) is 21.9. The largest absolute Gasteiger partial charge is 0.481 e. The Hall–Kier alpha value is -1.30. The van der Waals surface area contributed by atoms with Gasteiger partial charge in [-0.05, 0) is 32.7 Å². The van der Waals surface area contributed by atoms with Crippen LogP contribution in [-0.4, -0.2) is 42.3 Å². The first-order chi connectivity index (χ1) is 9.41. The number of carbonyl (C=O) groups is 2. The summed E-state index contributed by atoms with van der Waals surface area (Å²) < 4.78 is 0. The lowest BCUT2D eigenvalue weighted by Gasteiger charge is -2.13. The third-order valence-electron chi connectivity index (χ3n) is 2.86. The maximum Gasteiger partial charge on any atom is 0.314 e. The number of carboxylic acids is 1. The lowest BCUT2D eigenvalue weighted by atomic mass is 10.2. The van der Waals surface area contributed by atoms with Crippen molar-refractivity contribution in [3.8, 4) is 0 Å². The molecule has 0 aromatic heterocycles.